The molecule has 25 heavy (non-hydrogen) atoms. The van der Waals surface area contributed by atoms with Gasteiger partial charge in [-0.05, 0) is 32.4 Å². The Balaban J connectivity index is 0.00000312. The van der Waals surface area contributed by atoms with Crippen LogP contribution in [0, 0.1) is 0 Å². The Labute approximate surface area is 195 Å². The van der Waals surface area contributed by atoms with E-state index in [1.54, 1.807) is 0 Å². The molecule has 0 spiro atoms. The number of hydrogen-bond donors (Lipinski definition) is 0. The van der Waals surface area contributed by atoms with Crippen molar-refractivity contribution in [1.82, 2.24) is 0 Å². The summed E-state index contributed by atoms with van der Waals surface area (Å²) in [6.07, 6.45) is 0.950. The average Bonchev–Trinajstić information content (AvgIpc) is 2.69. The summed E-state index contributed by atoms with van der Waals surface area (Å²) in [4.78, 5) is 0.754. The molecule has 0 atom stereocenters. The van der Waals surface area contributed by atoms with Crippen LogP contribution in [0.2, 0.25) is 0 Å². The van der Waals surface area contributed by atoms with E-state index in [9.17, 15) is 18.2 Å². The van der Waals surface area contributed by atoms with E-state index in [1.165, 1.54) is 0 Å². The molecule has 0 saturated carbocycles. The number of nitrogens with zero attached hydrogens (tertiary/aromatic N) is 1. The first-order valence-corrected chi connectivity index (χ1v) is 9.81. The molecule has 1 aliphatic heterocycles. The molecule has 0 aromatic heterocycles. The first-order valence-electron chi connectivity index (χ1n) is 7.49. The van der Waals surface area contributed by atoms with Crippen molar-refractivity contribution in [3.8, 4) is 0 Å². The molecule has 0 radical (unpaired) electrons. The van der Waals surface area contributed by atoms with Crippen LogP contribution < -0.4 is 56.6 Å². The quantitative estimate of drug-likeness (QED) is 0.0987. The Morgan fingerprint density at radius 2 is 1.96 bits per heavy atom. The van der Waals surface area contributed by atoms with Crippen LogP contribution in [-0.4, -0.2) is 35.6 Å². The summed E-state index contributed by atoms with van der Waals surface area (Å²) in [6, 6.07) is 5.71. The van der Waals surface area contributed by atoms with Gasteiger partial charge in [0.05, 0.1) is 27.6 Å². The van der Waals surface area contributed by atoms with E-state index in [4.69, 9.17) is 0 Å². The first-order chi connectivity index (χ1) is 11.2. The Bertz CT molecular complexity index is 748. The number of fused-ring (bicyclic) bond motifs is 1. The van der Waals surface area contributed by atoms with Gasteiger partial charge in [-0.2, -0.15) is 8.91 Å². The van der Waals surface area contributed by atoms with Crippen LogP contribution in [-0.2, 0) is 24.9 Å². The maximum absolute atomic E-state index is 10.7. The second-order valence-corrected chi connectivity index (χ2v) is 8.53. The van der Waals surface area contributed by atoms with Gasteiger partial charge < -0.3 is 9.81 Å². The Hall–Kier alpha value is 0.666. The molecule has 1 aromatic rings. The van der Waals surface area contributed by atoms with Gasteiger partial charge >= 0.3 is 51.4 Å². The predicted molar refractivity (Wildman–Crippen MR) is 86.8 cm³/mol. The van der Waals surface area contributed by atoms with Crippen LogP contribution in [0.15, 0.2) is 23.1 Å². The molecular formula is C15H20KNO6S2. The average molecular weight is 414 g/mol. The Morgan fingerprint density at radius 3 is 2.56 bits per heavy atom. The van der Waals surface area contributed by atoms with E-state index < -0.39 is 10.1 Å². The van der Waals surface area contributed by atoms with Crippen molar-refractivity contribution in [2.75, 3.05) is 12.3 Å². The van der Waals surface area contributed by atoms with Crippen LogP contribution in [0.5, 0.6) is 0 Å². The van der Waals surface area contributed by atoms with Crippen molar-refractivity contribution in [1.29, 1.82) is 0 Å². The normalized spacial score (nSPS) is 15.9. The van der Waals surface area contributed by atoms with Gasteiger partial charge in [-0.25, -0.2) is 8.42 Å². The van der Waals surface area contributed by atoms with Crippen LogP contribution in [0.4, 0.5) is 5.69 Å². The molecule has 0 saturated heterocycles. The van der Waals surface area contributed by atoms with Crippen molar-refractivity contribution in [3.05, 3.63) is 23.8 Å². The second-order valence-electron chi connectivity index (χ2n) is 6.23. The Morgan fingerprint density at radius 1 is 1.28 bits per heavy atom. The van der Waals surface area contributed by atoms with E-state index in [2.05, 4.69) is 27.8 Å². The SMILES string of the molecule is CC1=[N+](CCCCS(=O)(=O)[O-])c2ccc(SOO[O-])cc2C1(C)C.[K+]. The third-order valence-electron chi connectivity index (χ3n) is 4.43. The molecule has 0 fully saturated rings. The molecule has 134 valence electrons. The van der Waals surface area contributed by atoms with Gasteiger partial charge in [-0.1, -0.05) is 0 Å². The van der Waals surface area contributed by atoms with Crippen LogP contribution in [0.3, 0.4) is 0 Å². The number of unbranched alkanes of at least 4 members (excludes halogenated alkanes) is 1. The topological polar surface area (TPSA) is 102 Å². The van der Waals surface area contributed by atoms with Gasteiger partial charge in [0.1, 0.15) is 6.54 Å². The summed E-state index contributed by atoms with van der Waals surface area (Å²) in [5, 5.41) is 13.3. The van der Waals surface area contributed by atoms with E-state index >= 15 is 0 Å². The third-order valence-corrected chi connectivity index (χ3v) is 5.78. The van der Waals surface area contributed by atoms with Gasteiger partial charge in [-0.3, -0.25) is 5.04 Å². The van der Waals surface area contributed by atoms with Gasteiger partial charge in [-0.15, -0.1) is 0 Å². The smallest absolute Gasteiger partial charge is 0.748 e. The standard InChI is InChI=1S/C15H21NO6S2.K/c1-11-15(2,3)13-10-12(23-22-21-17)6-7-14(13)16(11)8-4-5-9-24(18,19)20;/h6-7,10H,4-5,8-9H2,1-3H3,(H-,17,18,19,20);/q;+1/p-1. The summed E-state index contributed by atoms with van der Waals surface area (Å²) in [5.74, 6) is -0.335. The number of rotatable bonds is 8. The van der Waals surface area contributed by atoms with Crippen molar-refractivity contribution >= 4 is 33.6 Å². The summed E-state index contributed by atoms with van der Waals surface area (Å²) < 4.78 is 38.6. The molecule has 7 nitrogen and oxygen atoms in total. The summed E-state index contributed by atoms with van der Waals surface area (Å²) in [5.41, 5.74) is 3.07. The summed E-state index contributed by atoms with van der Waals surface area (Å²) in [6.45, 7) is 6.88. The largest absolute Gasteiger partial charge is 1.00 e. The Kier molecular flexibility index (Phi) is 9.23. The van der Waals surface area contributed by atoms with E-state index in [1.807, 2.05) is 25.1 Å². The zero-order chi connectivity index (χ0) is 18.0. The fourth-order valence-electron chi connectivity index (χ4n) is 2.91. The van der Waals surface area contributed by atoms with Crippen LogP contribution >= 0.6 is 12.0 Å². The monoisotopic (exact) mass is 413 g/mol. The van der Waals surface area contributed by atoms with Gasteiger partial charge in [0.2, 0.25) is 5.69 Å². The second kappa shape index (κ2) is 9.74. The van der Waals surface area contributed by atoms with E-state index in [-0.39, 0.29) is 62.6 Å². The fourth-order valence-corrected chi connectivity index (χ4v) is 3.86. The van der Waals surface area contributed by atoms with E-state index in [0.717, 1.165) is 33.9 Å². The molecule has 1 aromatic carbocycles. The minimum absolute atomic E-state index is 0. The van der Waals surface area contributed by atoms with Gasteiger partial charge in [0.15, 0.2) is 5.71 Å². The maximum Gasteiger partial charge on any atom is 1.00 e. The van der Waals surface area contributed by atoms with Crippen LogP contribution in [0.1, 0.15) is 39.2 Å². The molecule has 1 heterocycles. The van der Waals surface area contributed by atoms with Gasteiger partial charge in [0.25, 0.3) is 0 Å². The van der Waals surface area contributed by atoms with Crippen LogP contribution in [0.25, 0.3) is 0 Å². The minimum Gasteiger partial charge on any atom is -0.748 e. The molecule has 0 unspecified atom stereocenters. The van der Waals surface area contributed by atoms with Gasteiger partial charge in [0, 0.05) is 35.6 Å². The van der Waals surface area contributed by atoms with E-state index in [0.29, 0.717) is 19.4 Å². The van der Waals surface area contributed by atoms with Crippen molar-refractivity contribution < 1.29 is 83.6 Å². The molecule has 2 rings (SSSR count). The van der Waals surface area contributed by atoms with Crippen molar-refractivity contribution in [3.63, 3.8) is 0 Å². The maximum atomic E-state index is 10.7. The third kappa shape index (κ3) is 6.08. The summed E-state index contributed by atoms with van der Waals surface area (Å²) >= 11 is 0.850. The first kappa shape index (κ1) is 23.7. The fraction of sp³-hybridized carbons (Fsp3) is 0.533. The molecule has 1 aliphatic rings. The minimum atomic E-state index is -4.16. The molecule has 10 heteroatoms. The predicted octanol–water partition coefficient (Wildman–Crippen LogP) is -1.36. The zero-order valence-electron chi connectivity index (χ0n) is 14.8. The summed E-state index contributed by atoms with van der Waals surface area (Å²) in [7, 11) is -4.16. The molecule has 0 amide bonds. The number of hydrogen-bond acceptors (Lipinski definition) is 7. The molecular weight excluding hydrogens is 393 g/mol. The molecule has 0 bridgehead atoms. The molecule has 0 N–H and O–H groups in total. The zero-order valence-corrected chi connectivity index (χ0v) is 19.5. The molecule has 0 aliphatic carbocycles. The van der Waals surface area contributed by atoms with Crippen molar-refractivity contribution in [2.45, 2.75) is 43.9 Å². The number of benzene rings is 1. The van der Waals surface area contributed by atoms with Crippen molar-refractivity contribution in [2.24, 2.45) is 0 Å².